The SMILES string of the molecule is C=C(/C=C\C(=C)C(=C)/C=C\C(=C)C(C)CCCC)OC. The highest BCUT2D eigenvalue weighted by Crippen LogP contribution is 2.19. The normalized spacial score (nSPS) is 12.6. The third kappa shape index (κ3) is 7.63. The van der Waals surface area contributed by atoms with Crippen molar-refractivity contribution in [1.82, 2.24) is 0 Å². The maximum atomic E-state index is 4.96. The van der Waals surface area contributed by atoms with E-state index in [9.17, 15) is 0 Å². The minimum Gasteiger partial charge on any atom is -0.497 e. The van der Waals surface area contributed by atoms with E-state index in [1.54, 1.807) is 13.2 Å². The van der Waals surface area contributed by atoms with Crippen molar-refractivity contribution >= 4 is 0 Å². The lowest BCUT2D eigenvalue weighted by Gasteiger charge is -2.10. The summed E-state index contributed by atoms with van der Waals surface area (Å²) in [6.07, 6.45) is 11.3. The summed E-state index contributed by atoms with van der Waals surface area (Å²) in [5.41, 5.74) is 2.85. The van der Waals surface area contributed by atoms with Gasteiger partial charge in [0, 0.05) is 0 Å². The molecular weight excluding hydrogens is 244 g/mol. The van der Waals surface area contributed by atoms with Crippen molar-refractivity contribution in [3.63, 3.8) is 0 Å². The van der Waals surface area contributed by atoms with Crippen LogP contribution in [-0.4, -0.2) is 7.11 Å². The van der Waals surface area contributed by atoms with Gasteiger partial charge in [0.2, 0.25) is 0 Å². The summed E-state index contributed by atoms with van der Waals surface area (Å²) in [6, 6.07) is 0. The molecule has 1 nitrogen and oxygen atoms in total. The molecule has 0 aliphatic rings. The average molecular weight is 272 g/mol. The molecular formula is C19H28O. The molecule has 0 fully saturated rings. The molecule has 0 saturated heterocycles. The molecule has 1 unspecified atom stereocenters. The summed E-state index contributed by atoms with van der Waals surface area (Å²) in [4.78, 5) is 0. The summed E-state index contributed by atoms with van der Waals surface area (Å²) in [5.74, 6) is 1.11. The molecule has 0 rings (SSSR count). The Morgan fingerprint density at radius 1 is 1.00 bits per heavy atom. The Morgan fingerprint density at radius 2 is 1.55 bits per heavy atom. The number of allylic oxidation sites excluding steroid dienone is 7. The van der Waals surface area contributed by atoms with Crippen LogP contribution in [0.1, 0.15) is 33.1 Å². The van der Waals surface area contributed by atoms with Crippen molar-refractivity contribution in [3.05, 3.63) is 73.1 Å². The Bertz CT molecular complexity index is 421. The van der Waals surface area contributed by atoms with E-state index in [0.29, 0.717) is 11.7 Å². The summed E-state index contributed by atoms with van der Waals surface area (Å²) in [5, 5.41) is 0. The van der Waals surface area contributed by atoms with Gasteiger partial charge in [-0.05, 0) is 29.6 Å². The zero-order chi connectivity index (χ0) is 15.5. The molecule has 0 bridgehead atoms. The van der Waals surface area contributed by atoms with Crippen LogP contribution < -0.4 is 0 Å². The standard InChI is InChI=1S/C19H28O/c1-8-9-10-15(2)16(3)11-12-17(4)18(5)13-14-19(6)20-7/h11-15H,3-6,8-10H2,1-2,7H3/b12-11-,14-13-. The first-order valence-electron chi connectivity index (χ1n) is 7.08. The van der Waals surface area contributed by atoms with Crippen LogP contribution in [0.5, 0.6) is 0 Å². The summed E-state index contributed by atoms with van der Waals surface area (Å²) in [6.45, 7) is 20.2. The number of ether oxygens (including phenoxy) is 1. The Hall–Kier alpha value is -1.76. The number of unbranched alkanes of at least 4 members (excludes halogenated alkanes) is 1. The minimum absolute atomic E-state index is 0.510. The fourth-order valence-corrected chi connectivity index (χ4v) is 1.54. The number of rotatable bonds is 10. The fourth-order valence-electron chi connectivity index (χ4n) is 1.54. The molecule has 1 heteroatoms. The first-order valence-corrected chi connectivity index (χ1v) is 7.08. The third-order valence-electron chi connectivity index (χ3n) is 3.27. The Labute approximate surface area is 124 Å². The van der Waals surface area contributed by atoms with Gasteiger partial charge in [-0.1, -0.05) is 76.8 Å². The molecule has 0 aromatic carbocycles. The number of methoxy groups -OCH3 is 1. The van der Waals surface area contributed by atoms with Gasteiger partial charge >= 0.3 is 0 Å². The topological polar surface area (TPSA) is 9.23 Å². The zero-order valence-corrected chi connectivity index (χ0v) is 13.2. The summed E-state index contributed by atoms with van der Waals surface area (Å²) in [7, 11) is 1.59. The highest BCUT2D eigenvalue weighted by Gasteiger charge is 2.03. The van der Waals surface area contributed by atoms with Crippen LogP contribution in [0, 0.1) is 5.92 Å². The van der Waals surface area contributed by atoms with E-state index in [1.165, 1.54) is 19.3 Å². The van der Waals surface area contributed by atoms with E-state index in [0.717, 1.165) is 16.7 Å². The first kappa shape index (κ1) is 18.2. The van der Waals surface area contributed by atoms with Gasteiger partial charge in [0.15, 0.2) is 0 Å². The smallest absolute Gasteiger partial charge is 0.111 e. The highest BCUT2D eigenvalue weighted by atomic mass is 16.5. The first-order chi connectivity index (χ1) is 9.42. The second-order valence-electron chi connectivity index (χ2n) is 5.01. The van der Waals surface area contributed by atoms with Crippen molar-refractivity contribution in [2.75, 3.05) is 7.11 Å². The van der Waals surface area contributed by atoms with Gasteiger partial charge in [-0.25, -0.2) is 0 Å². The minimum atomic E-state index is 0.510. The van der Waals surface area contributed by atoms with E-state index in [1.807, 2.05) is 18.2 Å². The van der Waals surface area contributed by atoms with Crippen molar-refractivity contribution in [3.8, 4) is 0 Å². The van der Waals surface area contributed by atoms with Gasteiger partial charge in [0.1, 0.15) is 5.76 Å². The number of hydrogen-bond donors (Lipinski definition) is 0. The Kier molecular flexibility index (Phi) is 9.19. The fraction of sp³-hybridized carbons (Fsp3) is 0.368. The molecule has 0 amide bonds. The van der Waals surface area contributed by atoms with Gasteiger partial charge < -0.3 is 4.74 Å². The van der Waals surface area contributed by atoms with Crippen LogP contribution in [0.25, 0.3) is 0 Å². The molecule has 20 heavy (non-hydrogen) atoms. The average Bonchev–Trinajstić information content (AvgIpc) is 2.46. The van der Waals surface area contributed by atoms with Crippen LogP contribution >= 0.6 is 0 Å². The lowest BCUT2D eigenvalue weighted by atomic mass is 9.95. The second-order valence-corrected chi connectivity index (χ2v) is 5.01. The third-order valence-corrected chi connectivity index (χ3v) is 3.27. The van der Waals surface area contributed by atoms with E-state index in [4.69, 9.17) is 4.74 Å². The van der Waals surface area contributed by atoms with Crippen LogP contribution in [-0.2, 0) is 4.74 Å². The van der Waals surface area contributed by atoms with Crippen LogP contribution in [0.15, 0.2) is 73.1 Å². The Morgan fingerprint density at radius 3 is 2.05 bits per heavy atom. The second kappa shape index (κ2) is 10.1. The monoisotopic (exact) mass is 272 g/mol. The lowest BCUT2D eigenvalue weighted by molar-refractivity contribution is 0.309. The molecule has 1 atom stereocenters. The molecule has 0 aliphatic carbocycles. The molecule has 0 aromatic heterocycles. The van der Waals surface area contributed by atoms with Crippen LogP contribution in [0.3, 0.4) is 0 Å². The van der Waals surface area contributed by atoms with Crippen LogP contribution in [0.4, 0.5) is 0 Å². The van der Waals surface area contributed by atoms with Crippen molar-refractivity contribution in [1.29, 1.82) is 0 Å². The molecule has 0 aliphatic heterocycles. The summed E-state index contributed by atoms with van der Waals surface area (Å²) < 4.78 is 4.96. The molecule has 0 saturated carbocycles. The van der Waals surface area contributed by atoms with Crippen molar-refractivity contribution < 1.29 is 4.74 Å². The molecule has 110 valence electrons. The maximum Gasteiger partial charge on any atom is 0.111 e. The van der Waals surface area contributed by atoms with Crippen molar-refractivity contribution in [2.24, 2.45) is 5.92 Å². The molecule has 0 aromatic rings. The quantitative estimate of drug-likeness (QED) is 0.363. The van der Waals surface area contributed by atoms with E-state index in [-0.39, 0.29) is 0 Å². The highest BCUT2D eigenvalue weighted by molar-refractivity contribution is 5.45. The van der Waals surface area contributed by atoms with E-state index in [2.05, 4.69) is 40.2 Å². The Balaban J connectivity index is 4.41. The van der Waals surface area contributed by atoms with Gasteiger partial charge in [-0.15, -0.1) is 0 Å². The van der Waals surface area contributed by atoms with Gasteiger partial charge in [-0.3, -0.25) is 0 Å². The number of hydrogen-bond acceptors (Lipinski definition) is 1. The predicted molar refractivity (Wildman–Crippen MR) is 90.5 cm³/mol. The molecule has 0 radical (unpaired) electrons. The van der Waals surface area contributed by atoms with Crippen molar-refractivity contribution in [2.45, 2.75) is 33.1 Å². The van der Waals surface area contributed by atoms with E-state index >= 15 is 0 Å². The largest absolute Gasteiger partial charge is 0.497 e. The van der Waals surface area contributed by atoms with E-state index < -0.39 is 0 Å². The van der Waals surface area contributed by atoms with Gasteiger partial charge in [-0.2, -0.15) is 0 Å². The summed E-state index contributed by atoms with van der Waals surface area (Å²) >= 11 is 0. The lowest BCUT2D eigenvalue weighted by Crippen LogP contribution is -1.95. The maximum absolute atomic E-state index is 4.96. The van der Waals surface area contributed by atoms with Crippen LogP contribution in [0.2, 0.25) is 0 Å². The predicted octanol–water partition coefficient (Wildman–Crippen LogP) is 5.75. The molecule has 0 spiro atoms. The van der Waals surface area contributed by atoms with Gasteiger partial charge in [0.25, 0.3) is 0 Å². The molecule has 0 N–H and O–H groups in total. The zero-order valence-electron chi connectivity index (χ0n) is 13.2. The molecule has 0 heterocycles. The van der Waals surface area contributed by atoms with Gasteiger partial charge in [0.05, 0.1) is 7.11 Å².